The fraction of sp³-hybridized carbons (Fsp3) is 0.135. The van der Waals surface area contributed by atoms with E-state index in [1.54, 1.807) is 0 Å². The van der Waals surface area contributed by atoms with Gasteiger partial charge >= 0.3 is 17.1 Å². The Labute approximate surface area is 535 Å². The van der Waals surface area contributed by atoms with E-state index < -0.39 is 0 Å². The zero-order valence-electron chi connectivity index (χ0n) is 49.5. The molecule has 88 heavy (non-hydrogen) atoms. The Morgan fingerprint density at radius 1 is 0.511 bits per heavy atom. The van der Waals surface area contributed by atoms with Crippen LogP contribution in [0.5, 0.6) is 0 Å². The minimum absolute atomic E-state index is 0. The number of rotatable bonds is 12. The van der Waals surface area contributed by atoms with Crippen LogP contribution in [0.4, 0.5) is 0 Å². The first-order chi connectivity index (χ1) is 41.8. The third-order valence-electron chi connectivity index (χ3n) is 16.6. The van der Waals surface area contributed by atoms with Crippen LogP contribution in [0.15, 0.2) is 198 Å². The van der Waals surface area contributed by atoms with Crippen LogP contribution in [0, 0.1) is 27.7 Å². The summed E-state index contributed by atoms with van der Waals surface area (Å²) in [4.78, 5) is 61.0. The molecule has 6 aromatic carbocycles. The fourth-order valence-electron chi connectivity index (χ4n) is 11.7. The molecule has 5 aromatic heterocycles. The number of amides is 2. The number of carbonyl (C=O) groups excluding carboxylic acids is 2. The molecular weight excluding hydrogens is 1190 g/mol. The maximum absolute atomic E-state index is 14.5. The maximum Gasteiger partial charge on any atom is 3.00 e. The zero-order chi connectivity index (χ0) is 59.3. The van der Waals surface area contributed by atoms with Gasteiger partial charge in [0.25, 0.3) is 0 Å². The van der Waals surface area contributed by atoms with Crippen LogP contribution >= 0.6 is 22.7 Å². The summed E-state index contributed by atoms with van der Waals surface area (Å²) in [6, 6.07) is 54.2. The molecule has 0 saturated carbocycles. The van der Waals surface area contributed by atoms with Crippen molar-refractivity contribution in [2.45, 2.75) is 67.2 Å². The van der Waals surface area contributed by atoms with Crippen molar-refractivity contribution in [3.63, 3.8) is 0 Å². The van der Waals surface area contributed by atoms with Crippen LogP contribution in [0.2, 0.25) is 0 Å². The van der Waals surface area contributed by atoms with E-state index in [9.17, 15) is 9.59 Å². The van der Waals surface area contributed by atoms with E-state index in [0.29, 0.717) is 39.2 Å². The Hall–Kier alpha value is -9.07. The third kappa shape index (κ3) is 11.7. The average Bonchev–Trinajstić information content (AvgIpc) is 2.32. The first kappa shape index (κ1) is 60.6. The molecule has 14 heteroatoms. The Bertz CT molecular complexity index is 5050. The van der Waals surface area contributed by atoms with Gasteiger partial charge in [0.05, 0.1) is 34.2 Å². The van der Waals surface area contributed by atoms with E-state index in [0.717, 1.165) is 139 Å². The molecule has 13 rings (SSSR count). The monoisotopic (exact) mass is 1250 g/mol. The van der Waals surface area contributed by atoms with Crippen molar-refractivity contribution in [1.82, 2.24) is 29.1 Å². The number of halogens is 1. The van der Waals surface area contributed by atoms with E-state index in [4.69, 9.17) is 29.9 Å². The van der Waals surface area contributed by atoms with Gasteiger partial charge in [0, 0.05) is 40.5 Å². The van der Waals surface area contributed by atoms with Crippen molar-refractivity contribution in [3.05, 3.63) is 253 Å². The number of aryl methyl sites for hydroxylation is 5. The molecule has 0 unspecified atom stereocenters. The average molecular weight is 1250 g/mol. The van der Waals surface area contributed by atoms with Gasteiger partial charge in [-0.05, 0) is 134 Å². The number of hydrogen-bond donors (Lipinski definition) is 0. The molecule has 8 bridgehead atoms. The summed E-state index contributed by atoms with van der Waals surface area (Å²) >= 11 is 2.90. The van der Waals surface area contributed by atoms with E-state index in [1.165, 1.54) is 22.7 Å². The van der Waals surface area contributed by atoms with Gasteiger partial charge in [-0.2, -0.15) is 9.98 Å². The molecule has 2 amide bonds. The first-order valence-corrected chi connectivity index (χ1v) is 30.5. The normalized spacial score (nSPS) is 12.7. The molecule has 2 aliphatic rings. The Balaban J connectivity index is 0.00000400. The molecule has 0 saturated heterocycles. The second kappa shape index (κ2) is 25.3. The molecular formula is C74H60ClFeN8O2S2. The van der Waals surface area contributed by atoms with E-state index >= 15 is 0 Å². The van der Waals surface area contributed by atoms with Crippen LogP contribution in [0.3, 0.4) is 0 Å². The summed E-state index contributed by atoms with van der Waals surface area (Å²) in [6.07, 6.45) is 4.62. The number of aromatic nitrogens is 6. The van der Waals surface area contributed by atoms with Crippen molar-refractivity contribution in [2.75, 3.05) is 0 Å². The van der Waals surface area contributed by atoms with E-state index in [1.807, 2.05) is 67.6 Å². The largest absolute Gasteiger partial charge is 3.00 e. The second-order valence-corrected chi connectivity index (χ2v) is 23.8. The Morgan fingerprint density at radius 2 is 0.977 bits per heavy atom. The second-order valence-electron chi connectivity index (χ2n) is 22.1. The van der Waals surface area contributed by atoms with Crippen molar-refractivity contribution < 1.29 is 39.1 Å². The van der Waals surface area contributed by atoms with Crippen molar-refractivity contribution in [1.29, 1.82) is 0 Å². The molecule has 11 aromatic rings. The molecule has 0 atom stereocenters. The third-order valence-corrected chi connectivity index (χ3v) is 18.2. The molecule has 10 nitrogen and oxygen atoms in total. The van der Waals surface area contributed by atoms with Gasteiger partial charge in [0.15, 0.2) is 9.60 Å². The van der Waals surface area contributed by atoms with Gasteiger partial charge in [-0.15, -0.1) is 44.7 Å². The molecule has 0 N–H and O–H groups in total. The van der Waals surface area contributed by atoms with Crippen LogP contribution in [0.25, 0.3) is 106 Å². The summed E-state index contributed by atoms with van der Waals surface area (Å²) < 4.78 is 4.18. The molecule has 0 spiro atoms. The number of allylic oxidation sites excluding steroid dienone is 5. The SMILES string of the molecule is C=CC1=C(C)c2cc3[n-]c(cc4nc(cc5[n-]c(cc1n2)c(C)c5CCC(=O)N=c1scc(-c2ccc(C)cc2)n1-c1ccc2ccccc2c1)C(CCC(=O)N=c1scc(-c2ccc(C)cc2)n1-c1ccc2ccccc2c1)=C4C)c(C)c3C=C.[Cl-].[Fe+3]. The number of nitrogens with zero attached hydrogens (tertiary/aromatic N) is 8. The topological polar surface area (TPSA) is 123 Å². The minimum Gasteiger partial charge on any atom is -1.00 e. The number of carbonyl (C=O) groups is 2. The van der Waals surface area contributed by atoms with Crippen molar-refractivity contribution >= 4 is 106 Å². The zero-order valence-corrected chi connectivity index (χ0v) is 53.0. The number of hydrogen-bond acceptors (Lipinski definition) is 6. The van der Waals surface area contributed by atoms with Crippen LogP contribution in [-0.2, 0) is 33.1 Å². The van der Waals surface area contributed by atoms with Crippen LogP contribution in [-0.4, -0.2) is 30.9 Å². The Kier molecular flexibility index (Phi) is 17.4. The summed E-state index contributed by atoms with van der Waals surface area (Å²) in [5.74, 6) is -0.515. The van der Waals surface area contributed by atoms with E-state index in [2.05, 4.69) is 177 Å². The molecule has 2 aliphatic heterocycles. The summed E-state index contributed by atoms with van der Waals surface area (Å²) in [5, 5.41) is 8.60. The standard InChI is InChI=1S/C74H60N8O2S2.ClH.Fe/c1-9-57-45(5)61-37-62-47(7)59(31-33-71(83)79-73-81(55-29-27-49-15-11-13-17-53(49)35-55)69(41-85-73)51-23-19-43(3)20-24-51)67(77-62)40-68-60(48(8)64(78-68)39-66-58(10-2)46(6)63(76-66)38-65(57)75-61)32-34-72(84)80-74-82(56-30-28-50-16-12-14-18-54(50)36-56)70(42-86-74)52-25-21-44(4)22-26-52;;/h9-30,35-42H,1-2,31-34H2,3-8H3;1H;/q-2;;+3/p-1. The molecule has 435 valence electrons. The smallest absolute Gasteiger partial charge is 1.00 e. The molecule has 0 aliphatic carbocycles. The Morgan fingerprint density at radius 3 is 1.52 bits per heavy atom. The number of thiazole rings is 2. The van der Waals surface area contributed by atoms with Crippen LogP contribution < -0.4 is 32.0 Å². The number of benzene rings is 6. The first-order valence-electron chi connectivity index (χ1n) is 28.8. The van der Waals surface area contributed by atoms with Gasteiger partial charge in [-0.3, -0.25) is 18.7 Å². The van der Waals surface area contributed by atoms with Gasteiger partial charge in [0.1, 0.15) is 0 Å². The van der Waals surface area contributed by atoms with Crippen molar-refractivity contribution in [3.8, 4) is 33.9 Å². The summed E-state index contributed by atoms with van der Waals surface area (Å²) in [5.41, 5.74) is 21.3. The predicted octanol–water partition coefficient (Wildman–Crippen LogP) is 13.8. The van der Waals surface area contributed by atoms with Crippen molar-refractivity contribution in [2.24, 2.45) is 9.98 Å². The van der Waals surface area contributed by atoms with E-state index in [-0.39, 0.29) is 54.1 Å². The fourth-order valence-corrected chi connectivity index (χ4v) is 13.5. The summed E-state index contributed by atoms with van der Waals surface area (Å²) in [7, 11) is 0. The predicted molar refractivity (Wildman–Crippen MR) is 355 cm³/mol. The van der Waals surface area contributed by atoms with Crippen LogP contribution in [0.1, 0.15) is 89.3 Å². The molecule has 1 radical (unpaired) electrons. The summed E-state index contributed by atoms with van der Waals surface area (Å²) in [6.45, 7) is 20.8. The molecule has 7 heterocycles. The maximum atomic E-state index is 14.5. The molecule has 0 fully saturated rings. The van der Waals surface area contributed by atoms with Gasteiger partial charge < -0.3 is 22.4 Å². The van der Waals surface area contributed by atoms with Gasteiger partial charge in [-0.1, -0.05) is 187 Å². The number of fused-ring (bicyclic) bond motifs is 10. The van der Waals surface area contributed by atoms with Gasteiger partial charge in [0.2, 0.25) is 11.8 Å². The van der Waals surface area contributed by atoms with Gasteiger partial charge in [-0.25, -0.2) is 9.97 Å². The minimum atomic E-state index is -0.258. The quantitative estimate of drug-likeness (QED) is 0.112.